The second kappa shape index (κ2) is 8.08. The van der Waals surface area contributed by atoms with Crippen LogP contribution in [0, 0.1) is 6.92 Å². The number of nitrogens with zero attached hydrogens (tertiary/aromatic N) is 5. The van der Waals surface area contributed by atoms with Gasteiger partial charge in [-0.05, 0) is 70.0 Å². The highest BCUT2D eigenvalue weighted by atomic mass is 19.1. The third kappa shape index (κ3) is 4.98. The molecule has 0 bridgehead atoms. The van der Waals surface area contributed by atoms with Gasteiger partial charge in [0.2, 0.25) is 0 Å². The van der Waals surface area contributed by atoms with E-state index in [2.05, 4.69) is 25.6 Å². The predicted molar refractivity (Wildman–Crippen MR) is 112 cm³/mol. The minimum absolute atomic E-state index is 0.0680. The van der Waals surface area contributed by atoms with Crippen LogP contribution in [0.1, 0.15) is 45.0 Å². The third-order valence-electron chi connectivity index (χ3n) is 5.06. The Kier molecular flexibility index (Phi) is 5.87. The highest BCUT2D eigenvalue weighted by molar-refractivity contribution is 5.61. The van der Waals surface area contributed by atoms with Gasteiger partial charge in [0.1, 0.15) is 29.1 Å². The van der Waals surface area contributed by atoms with Gasteiger partial charge in [0.15, 0.2) is 0 Å². The molecule has 30 heavy (non-hydrogen) atoms. The van der Waals surface area contributed by atoms with E-state index in [1.807, 2.05) is 19.1 Å². The van der Waals surface area contributed by atoms with Gasteiger partial charge in [0.25, 0.3) is 0 Å². The maximum atomic E-state index is 13.6. The minimum atomic E-state index is -1.39. The van der Waals surface area contributed by atoms with Gasteiger partial charge in [-0.2, -0.15) is 0 Å². The smallest absolute Gasteiger partial charge is 0.132 e. The monoisotopic (exact) mass is 414 g/mol. The van der Waals surface area contributed by atoms with Gasteiger partial charge in [0, 0.05) is 6.20 Å². The molecule has 3 rings (SSSR count). The zero-order valence-corrected chi connectivity index (χ0v) is 17.8. The lowest BCUT2D eigenvalue weighted by Crippen LogP contribution is -2.50. The molecule has 0 saturated carbocycles. The molecule has 0 aliphatic heterocycles. The van der Waals surface area contributed by atoms with Crippen molar-refractivity contribution in [2.75, 3.05) is 5.32 Å². The van der Waals surface area contributed by atoms with E-state index in [1.54, 1.807) is 31.5 Å². The first-order valence-electron chi connectivity index (χ1n) is 9.65. The summed E-state index contributed by atoms with van der Waals surface area (Å²) in [6.45, 7) is 8.09. The fraction of sp³-hybridized carbons (Fsp3) is 0.429. The molecule has 0 aliphatic rings. The zero-order chi connectivity index (χ0) is 22.1. The van der Waals surface area contributed by atoms with Gasteiger partial charge >= 0.3 is 0 Å². The summed E-state index contributed by atoms with van der Waals surface area (Å²) in [5.41, 5.74) is -0.127. The Morgan fingerprint density at radius 1 is 1.13 bits per heavy atom. The molecule has 0 spiro atoms. The molecule has 8 nitrogen and oxygen atoms in total. The lowest BCUT2D eigenvalue weighted by Gasteiger charge is -2.35. The van der Waals surface area contributed by atoms with Gasteiger partial charge in [-0.1, -0.05) is 5.21 Å². The number of hydrogen-bond acceptors (Lipinski definition) is 7. The van der Waals surface area contributed by atoms with E-state index in [9.17, 15) is 14.6 Å². The molecule has 2 atom stereocenters. The van der Waals surface area contributed by atoms with Crippen LogP contribution in [0.4, 0.5) is 16.0 Å². The molecule has 1 unspecified atom stereocenters. The molecular formula is C21H27FN6O2. The Balaban J connectivity index is 1.84. The lowest BCUT2D eigenvalue weighted by atomic mass is 9.88. The van der Waals surface area contributed by atoms with Crippen molar-refractivity contribution in [1.82, 2.24) is 25.0 Å². The number of nitrogens with one attached hydrogen (secondary N) is 1. The summed E-state index contributed by atoms with van der Waals surface area (Å²) < 4.78 is 15.0. The molecule has 3 heterocycles. The number of pyridine rings is 2. The van der Waals surface area contributed by atoms with E-state index in [0.717, 1.165) is 5.56 Å². The van der Waals surface area contributed by atoms with Crippen molar-refractivity contribution < 1.29 is 14.6 Å². The van der Waals surface area contributed by atoms with Crippen LogP contribution in [0.5, 0.6) is 0 Å². The van der Waals surface area contributed by atoms with E-state index in [1.165, 1.54) is 25.5 Å². The molecule has 0 saturated heterocycles. The predicted octanol–water partition coefficient (Wildman–Crippen LogP) is 3.34. The van der Waals surface area contributed by atoms with E-state index in [-0.39, 0.29) is 6.54 Å². The van der Waals surface area contributed by atoms with Crippen LogP contribution < -0.4 is 5.32 Å². The van der Waals surface area contributed by atoms with Crippen molar-refractivity contribution in [2.45, 2.75) is 58.5 Å². The Labute approximate surface area is 174 Å². The zero-order valence-electron chi connectivity index (χ0n) is 17.8. The number of hydrogen-bond donors (Lipinski definition) is 3. The Hall–Kier alpha value is -2.91. The van der Waals surface area contributed by atoms with Crippen molar-refractivity contribution >= 4 is 11.6 Å². The van der Waals surface area contributed by atoms with Crippen LogP contribution in [0.3, 0.4) is 0 Å². The largest absolute Gasteiger partial charge is 0.387 e. The summed E-state index contributed by atoms with van der Waals surface area (Å²) in [6.07, 6.45) is 2.12. The fourth-order valence-corrected chi connectivity index (χ4v) is 2.76. The lowest BCUT2D eigenvalue weighted by molar-refractivity contribution is -0.129. The average Bonchev–Trinajstić information content (AvgIpc) is 3.08. The molecule has 3 aromatic heterocycles. The Morgan fingerprint density at radius 3 is 2.53 bits per heavy atom. The van der Waals surface area contributed by atoms with Crippen LogP contribution >= 0.6 is 0 Å². The molecule has 0 fully saturated rings. The van der Waals surface area contributed by atoms with Crippen LogP contribution in [0.15, 0.2) is 36.7 Å². The van der Waals surface area contributed by atoms with Gasteiger partial charge in [0.05, 0.1) is 24.0 Å². The first-order chi connectivity index (χ1) is 13.9. The topological polar surface area (TPSA) is 109 Å². The molecule has 0 aromatic carbocycles. The number of anilines is 2. The van der Waals surface area contributed by atoms with Crippen molar-refractivity contribution in [1.29, 1.82) is 0 Å². The van der Waals surface area contributed by atoms with Crippen LogP contribution in [-0.4, -0.2) is 46.4 Å². The van der Waals surface area contributed by atoms with Crippen molar-refractivity contribution in [3.05, 3.63) is 47.8 Å². The molecule has 0 radical (unpaired) electrons. The van der Waals surface area contributed by atoms with E-state index < -0.39 is 17.4 Å². The van der Waals surface area contributed by atoms with E-state index in [0.29, 0.717) is 28.6 Å². The number of halogens is 1. The first-order valence-corrected chi connectivity index (χ1v) is 9.65. The fourth-order valence-electron chi connectivity index (χ4n) is 2.76. The van der Waals surface area contributed by atoms with Crippen molar-refractivity contribution in [3.8, 4) is 11.4 Å². The summed E-state index contributed by atoms with van der Waals surface area (Å²) in [5.74, 6) is 1.03. The number of alkyl halides is 1. The molecule has 160 valence electrons. The Bertz CT molecular complexity index is 1030. The molecule has 3 N–H and O–H groups in total. The van der Waals surface area contributed by atoms with Crippen LogP contribution in [0.25, 0.3) is 11.4 Å². The second-order valence-corrected chi connectivity index (χ2v) is 8.26. The molecule has 3 aromatic rings. The maximum Gasteiger partial charge on any atom is 0.132 e. The summed E-state index contributed by atoms with van der Waals surface area (Å²) in [5, 5.41) is 31.9. The van der Waals surface area contributed by atoms with Gasteiger partial charge in [-0.3, -0.25) is 0 Å². The van der Waals surface area contributed by atoms with E-state index in [4.69, 9.17) is 0 Å². The van der Waals surface area contributed by atoms with Gasteiger partial charge in [-0.15, -0.1) is 5.10 Å². The average molecular weight is 414 g/mol. The minimum Gasteiger partial charge on any atom is -0.387 e. The van der Waals surface area contributed by atoms with Crippen molar-refractivity contribution in [3.63, 3.8) is 0 Å². The molecule has 0 amide bonds. The summed E-state index contributed by atoms with van der Waals surface area (Å²) in [7, 11) is 0. The first kappa shape index (κ1) is 21.8. The summed E-state index contributed by atoms with van der Waals surface area (Å²) in [4.78, 5) is 8.77. The van der Waals surface area contributed by atoms with Crippen LogP contribution in [0.2, 0.25) is 0 Å². The standard InChI is InChI=1S/C21H27FN6O2/c1-13-8-16(17-11-28(27-26-17)12-21(5,30)20(3,4)29)24-19(9-13)25-18-10-15(14(2)22)6-7-23-18/h6-11,14,29-30H,12H2,1-5H3,(H,23,24,25)/t14-,21?/m0/s1. The maximum absolute atomic E-state index is 13.6. The number of rotatable bonds is 7. The second-order valence-electron chi connectivity index (χ2n) is 8.26. The third-order valence-corrected chi connectivity index (χ3v) is 5.06. The van der Waals surface area contributed by atoms with Gasteiger partial charge in [-0.25, -0.2) is 19.0 Å². The SMILES string of the molecule is Cc1cc(Nc2cc([C@H](C)F)ccn2)nc(-c2cn(CC(C)(O)C(C)(C)O)nn2)c1. The number of aryl methyl sites for hydroxylation is 1. The highest BCUT2D eigenvalue weighted by Gasteiger charge is 2.38. The van der Waals surface area contributed by atoms with Gasteiger partial charge < -0.3 is 15.5 Å². The van der Waals surface area contributed by atoms with E-state index >= 15 is 0 Å². The number of aromatic nitrogens is 5. The number of aliphatic hydroxyl groups is 2. The Morgan fingerprint density at radius 2 is 1.87 bits per heavy atom. The quantitative estimate of drug-likeness (QED) is 0.544. The molecular weight excluding hydrogens is 387 g/mol. The molecule has 0 aliphatic carbocycles. The summed E-state index contributed by atoms with van der Waals surface area (Å²) >= 11 is 0. The van der Waals surface area contributed by atoms with Crippen molar-refractivity contribution in [2.24, 2.45) is 0 Å². The van der Waals surface area contributed by atoms with Crippen LogP contribution in [-0.2, 0) is 6.54 Å². The summed E-state index contributed by atoms with van der Waals surface area (Å²) in [6, 6.07) is 6.98. The highest BCUT2D eigenvalue weighted by Crippen LogP contribution is 2.25. The normalized spacial score (nSPS) is 14.9. The molecule has 9 heteroatoms.